The Kier molecular flexibility index (Phi) is 4.27. The van der Waals surface area contributed by atoms with Crippen LogP contribution in [0, 0.1) is 0 Å². The molecule has 0 aromatic heterocycles. The quantitative estimate of drug-likeness (QED) is 0.793. The van der Waals surface area contributed by atoms with Crippen molar-refractivity contribution in [2.24, 2.45) is 0 Å². The van der Waals surface area contributed by atoms with Gasteiger partial charge in [-0.3, -0.25) is 9.69 Å². The summed E-state index contributed by atoms with van der Waals surface area (Å²) in [6.07, 6.45) is 1.32. The van der Waals surface area contributed by atoms with Crippen molar-refractivity contribution < 1.29 is 9.53 Å². The number of ether oxygens (including phenoxy) is 1. The highest BCUT2D eigenvalue weighted by Crippen LogP contribution is 2.29. The summed E-state index contributed by atoms with van der Waals surface area (Å²) in [5, 5.41) is 0. The predicted octanol–water partition coefficient (Wildman–Crippen LogP) is 1.97. The van der Waals surface area contributed by atoms with E-state index in [0.29, 0.717) is 0 Å². The summed E-state index contributed by atoms with van der Waals surface area (Å²) in [6.45, 7) is 9.81. The third-order valence-electron chi connectivity index (χ3n) is 4.57. The third-order valence-corrected chi connectivity index (χ3v) is 4.57. The average molecular weight is 288 g/mol. The van der Waals surface area contributed by atoms with Crippen LogP contribution in [-0.2, 0) is 11.2 Å². The second-order valence-corrected chi connectivity index (χ2v) is 5.98. The zero-order chi connectivity index (χ0) is 14.8. The Labute approximate surface area is 126 Å². The fourth-order valence-corrected chi connectivity index (χ4v) is 3.30. The Balaban J connectivity index is 1.68. The van der Waals surface area contributed by atoms with Crippen LogP contribution in [0.3, 0.4) is 0 Å². The molecule has 0 radical (unpaired) electrons. The van der Waals surface area contributed by atoms with Gasteiger partial charge < -0.3 is 9.64 Å². The first-order valence-electron chi connectivity index (χ1n) is 7.90. The van der Waals surface area contributed by atoms with Crippen LogP contribution in [0.2, 0.25) is 0 Å². The van der Waals surface area contributed by atoms with Crippen molar-refractivity contribution in [1.82, 2.24) is 4.90 Å². The topological polar surface area (TPSA) is 32.8 Å². The number of rotatable bonds is 4. The number of likely N-dealkylation sites (N-methyl/N-ethyl adjacent to an activating group) is 1. The number of hydrogen-bond donors (Lipinski definition) is 0. The van der Waals surface area contributed by atoms with E-state index in [4.69, 9.17) is 4.74 Å². The molecule has 0 aliphatic carbocycles. The molecular weight excluding hydrogens is 264 g/mol. The zero-order valence-corrected chi connectivity index (χ0v) is 13.0. The van der Waals surface area contributed by atoms with Gasteiger partial charge in [0.05, 0.1) is 12.7 Å². The van der Waals surface area contributed by atoms with Gasteiger partial charge >= 0.3 is 0 Å². The van der Waals surface area contributed by atoms with Crippen molar-refractivity contribution in [2.45, 2.75) is 26.4 Å². The third kappa shape index (κ3) is 3.11. The van der Waals surface area contributed by atoms with Crippen LogP contribution in [0.1, 0.15) is 29.8 Å². The molecule has 2 aliphatic rings. The second kappa shape index (κ2) is 6.16. The number of hydrogen-bond acceptors (Lipinski definition) is 4. The summed E-state index contributed by atoms with van der Waals surface area (Å²) < 4.78 is 5.91. The maximum absolute atomic E-state index is 11.5. The van der Waals surface area contributed by atoms with Crippen LogP contribution >= 0.6 is 0 Å². The average Bonchev–Trinajstić information content (AvgIpc) is 2.90. The molecule has 3 rings (SSSR count). The lowest BCUT2D eigenvalue weighted by atomic mass is 10.1. The number of Topliss-reactive ketones (excluding diaryl/α,β-unsaturated/α-hetero) is 1. The minimum absolute atomic E-state index is 0.144. The van der Waals surface area contributed by atoms with Crippen molar-refractivity contribution in [3.05, 3.63) is 29.3 Å². The molecule has 2 aliphatic heterocycles. The van der Waals surface area contributed by atoms with Gasteiger partial charge in [0.2, 0.25) is 0 Å². The maximum Gasteiger partial charge on any atom is 0.159 e. The number of carbonyl (C=O) groups excluding carboxylic acids is 1. The molecule has 1 aromatic rings. The summed E-state index contributed by atoms with van der Waals surface area (Å²) in [5.41, 5.74) is 3.39. The lowest BCUT2D eigenvalue weighted by Gasteiger charge is -2.34. The number of benzene rings is 1. The van der Waals surface area contributed by atoms with Crippen LogP contribution in [0.25, 0.3) is 0 Å². The fourth-order valence-electron chi connectivity index (χ4n) is 3.30. The van der Waals surface area contributed by atoms with Crippen LogP contribution in [0.15, 0.2) is 18.2 Å². The Hall–Kier alpha value is -1.39. The molecule has 0 spiro atoms. The van der Waals surface area contributed by atoms with E-state index in [0.717, 1.165) is 51.3 Å². The predicted molar refractivity (Wildman–Crippen MR) is 84.2 cm³/mol. The molecule has 21 heavy (non-hydrogen) atoms. The van der Waals surface area contributed by atoms with Crippen molar-refractivity contribution in [2.75, 3.05) is 44.2 Å². The van der Waals surface area contributed by atoms with E-state index in [9.17, 15) is 4.79 Å². The summed E-state index contributed by atoms with van der Waals surface area (Å²) >= 11 is 0. The molecule has 1 fully saturated rings. The second-order valence-electron chi connectivity index (χ2n) is 5.98. The Morgan fingerprint density at radius 1 is 1.38 bits per heavy atom. The van der Waals surface area contributed by atoms with E-state index in [1.54, 1.807) is 6.92 Å². The van der Waals surface area contributed by atoms with Crippen molar-refractivity contribution in [1.29, 1.82) is 0 Å². The van der Waals surface area contributed by atoms with E-state index in [2.05, 4.69) is 28.9 Å². The van der Waals surface area contributed by atoms with E-state index >= 15 is 0 Å². The highest BCUT2D eigenvalue weighted by Gasteiger charge is 2.26. The Bertz CT molecular complexity index is 530. The smallest absolute Gasteiger partial charge is 0.159 e. The molecular formula is C17H24N2O2. The van der Waals surface area contributed by atoms with Gasteiger partial charge in [-0.05, 0) is 43.7 Å². The van der Waals surface area contributed by atoms with Crippen LogP contribution in [0.5, 0.6) is 0 Å². The number of carbonyl (C=O) groups is 1. The minimum atomic E-state index is 0.144. The molecule has 1 aromatic carbocycles. The number of ketones is 1. The van der Waals surface area contributed by atoms with Gasteiger partial charge in [0.15, 0.2) is 5.78 Å². The molecule has 4 nitrogen and oxygen atoms in total. The largest absolute Gasteiger partial charge is 0.374 e. The van der Waals surface area contributed by atoms with Crippen LogP contribution in [0.4, 0.5) is 5.69 Å². The van der Waals surface area contributed by atoms with E-state index < -0.39 is 0 Å². The summed E-state index contributed by atoms with van der Waals surface area (Å²) in [6, 6.07) is 6.09. The minimum Gasteiger partial charge on any atom is -0.374 e. The fraction of sp³-hybridized carbons (Fsp3) is 0.588. The molecule has 114 valence electrons. The Morgan fingerprint density at radius 3 is 3.00 bits per heavy atom. The number of morpholine rings is 1. The summed E-state index contributed by atoms with van der Waals surface area (Å²) in [4.78, 5) is 16.3. The number of fused-ring (bicyclic) bond motifs is 1. The number of anilines is 1. The lowest BCUT2D eigenvalue weighted by Crippen LogP contribution is -2.47. The monoisotopic (exact) mass is 288 g/mol. The van der Waals surface area contributed by atoms with Gasteiger partial charge in [-0.25, -0.2) is 0 Å². The molecule has 0 saturated carbocycles. The molecule has 2 heterocycles. The van der Waals surface area contributed by atoms with Gasteiger partial charge in [-0.1, -0.05) is 6.92 Å². The first kappa shape index (κ1) is 14.5. The number of nitrogens with zero attached hydrogens (tertiary/aromatic N) is 2. The van der Waals surface area contributed by atoms with Gasteiger partial charge in [-0.15, -0.1) is 0 Å². The zero-order valence-electron chi connectivity index (χ0n) is 13.0. The van der Waals surface area contributed by atoms with Gasteiger partial charge in [0.25, 0.3) is 0 Å². The lowest BCUT2D eigenvalue weighted by molar-refractivity contribution is -0.0219. The van der Waals surface area contributed by atoms with E-state index in [-0.39, 0.29) is 11.9 Å². The molecule has 0 N–H and O–H groups in total. The standard InChI is InChI=1S/C17H24N2O2/c1-3-18-8-9-21-16(11-18)12-19-7-6-15-10-14(13(2)20)4-5-17(15)19/h4-5,10,16H,3,6-9,11-12H2,1-2H3. The van der Waals surface area contributed by atoms with Crippen molar-refractivity contribution in [3.63, 3.8) is 0 Å². The molecule has 1 saturated heterocycles. The van der Waals surface area contributed by atoms with Crippen molar-refractivity contribution in [3.8, 4) is 0 Å². The summed E-state index contributed by atoms with van der Waals surface area (Å²) in [5.74, 6) is 0.144. The van der Waals surface area contributed by atoms with Gasteiger partial charge in [0.1, 0.15) is 0 Å². The highest BCUT2D eigenvalue weighted by molar-refractivity contribution is 5.94. The van der Waals surface area contributed by atoms with E-state index in [1.165, 1.54) is 11.3 Å². The molecule has 1 unspecified atom stereocenters. The normalized spacial score (nSPS) is 22.4. The van der Waals surface area contributed by atoms with Crippen molar-refractivity contribution >= 4 is 11.5 Å². The molecule has 1 atom stereocenters. The molecule has 0 amide bonds. The first-order valence-corrected chi connectivity index (χ1v) is 7.90. The highest BCUT2D eigenvalue weighted by atomic mass is 16.5. The van der Waals surface area contributed by atoms with E-state index in [1.807, 2.05) is 6.07 Å². The first-order chi connectivity index (χ1) is 10.2. The SMILES string of the molecule is CCN1CCOC(CN2CCc3cc(C(C)=O)ccc32)C1. The molecule has 0 bridgehead atoms. The van der Waals surface area contributed by atoms with Gasteiger partial charge in [-0.2, -0.15) is 0 Å². The Morgan fingerprint density at radius 2 is 2.24 bits per heavy atom. The summed E-state index contributed by atoms with van der Waals surface area (Å²) in [7, 11) is 0. The van der Waals surface area contributed by atoms with Crippen LogP contribution < -0.4 is 4.90 Å². The molecule has 4 heteroatoms. The maximum atomic E-state index is 11.5. The van der Waals surface area contributed by atoms with Crippen LogP contribution in [-0.4, -0.2) is 56.1 Å². The van der Waals surface area contributed by atoms with Gasteiger partial charge in [0, 0.05) is 37.4 Å².